The largest absolute Gasteiger partial charge is 0.417 e. The molecule has 1 aliphatic heterocycles. The summed E-state index contributed by atoms with van der Waals surface area (Å²) in [6.07, 6.45) is -4.87. The minimum atomic E-state index is -4.87. The van der Waals surface area contributed by atoms with Gasteiger partial charge in [0.15, 0.2) is 0 Å². The first kappa shape index (κ1) is 21.6. The second-order valence-electron chi connectivity index (χ2n) is 6.14. The Morgan fingerprint density at radius 1 is 0.931 bits per heavy atom. The molecular formula is C17H17F3N2O5S2. The lowest BCUT2D eigenvalue weighted by Gasteiger charge is -2.26. The van der Waals surface area contributed by atoms with Crippen molar-refractivity contribution < 1.29 is 34.7 Å². The second kappa shape index (κ2) is 7.94. The van der Waals surface area contributed by atoms with Crippen molar-refractivity contribution in [2.45, 2.75) is 16.0 Å². The number of ether oxygens (including phenoxy) is 1. The van der Waals surface area contributed by atoms with Crippen molar-refractivity contribution in [3.05, 3.63) is 54.1 Å². The molecule has 2 aromatic carbocycles. The maximum atomic E-state index is 13.2. The van der Waals surface area contributed by atoms with Gasteiger partial charge in [-0.05, 0) is 30.3 Å². The molecule has 2 aromatic rings. The van der Waals surface area contributed by atoms with Gasteiger partial charge in [-0.15, -0.1) is 0 Å². The van der Waals surface area contributed by atoms with Crippen molar-refractivity contribution >= 4 is 25.7 Å². The van der Waals surface area contributed by atoms with E-state index in [1.807, 2.05) is 4.72 Å². The Labute approximate surface area is 166 Å². The molecule has 29 heavy (non-hydrogen) atoms. The van der Waals surface area contributed by atoms with Crippen LogP contribution in [0.4, 0.5) is 18.9 Å². The monoisotopic (exact) mass is 450 g/mol. The minimum absolute atomic E-state index is 0.150. The number of hydrogen-bond donors (Lipinski definition) is 1. The molecule has 158 valence electrons. The average Bonchev–Trinajstić information content (AvgIpc) is 2.68. The lowest BCUT2D eigenvalue weighted by atomic mass is 10.2. The lowest BCUT2D eigenvalue weighted by Crippen LogP contribution is -2.40. The van der Waals surface area contributed by atoms with Gasteiger partial charge in [0, 0.05) is 13.1 Å². The zero-order valence-electron chi connectivity index (χ0n) is 14.9. The Bertz CT molecular complexity index is 1100. The molecule has 0 aliphatic carbocycles. The fraction of sp³-hybridized carbons (Fsp3) is 0.294. The topological polar surface area (TPSA) is 92.8 Å². The van der Waals surface area contributed by atoms with Gasteiger partial charge in [0.2, 0.25) is 10.0 Å². The minimum Gasteiger partial charge on any atom is -0.379 e. The van der Waals surface area contributed by atoms with Crippen LogP contribution in [0.3, 0.4) is 0 Å². The normalized spacial score (nSPS) is 16.5. The van der Waals surface area contributed by atoms with Gasteiger partial charge >= 0.3 is 6.18 Å². The predicted molar refractivity (Wildman–Crippen MR) is 98.3 cm³/mol. The Balaban J connectivity index is 1.93. The summed E-state index contributed by atoms with van der Waals surface area (Å²) in [6, 6.07) is 8.66. The summed E-state index contributed by atoms with van der Waals surface area (Å²) in [4.78, 5) is -1.13. The summed E-state index contributed by atoms with van der Waals surface area (Å²) in [6.45, 7) is 0.772. The van der Waals surface area contributed by atoms with E-state index in [0.29, 0.717) is 6.07 Å². The molecule has 0 saturated carbocycles. The Morgan fingerprint density at radius 2 is 1.59 bits per heavy atom. The number of rotatable bonds is 5. The molecular weight excluding hydrogens is 433 g/mol. The van der Waals surface area contributed by atoms with Crippen molar-refractivity contribution in [1.29, 1.82) is 0 Å². The Hall–Kier alpha value is -2.15. The maximum absolute atomic E-state index is 13.2. The molecule has 0 amide bonds. The van der Waals surface area contributed by atoms with E-state index in [9.17, 15) is 30.0 Å². The van der Waals surface area contributed by atoms with Crippen molar-refractivity contribution in [1.82, 2.24) is 4.31 Å². The van der Waals surface area contributed by atoms with Crippen LogP contribution in [0.2, 0.25) is 0 Å². The van der Waals surface area contributed by atoms with E-state index in [-0.39, 0.29) is 36.9 Å². The lowest BCUT2D eigenvalue weighted by molar-refractivity contribution is -0.139. The summed E-state index contributed by atoms with van der Waals surface area (Å²) < 4.78 is 98.3. The summed E-state index contributed by atoms with van der Waals surface area (Å²) >= 11 is 0. The van der Waals surface area contributed by atoms with Crippen molar-refractivity contribution in [2.75, 3.05) is 31.0 Å². The number of alkyl halides is 3. The molecule has 0 bridgehead atoms. The van der Waals surface area contributed by atoms with Crippen molar-refractivity contribution in [3.8, 4) is 0 Å². The third-order valence-electron chi connectivity index (χ3n) is 4.18. The summed E-state index contributed by atoms with van der Waals surface area (Å²) in [5.41, 5.74) is -1.49. The number of anilines is 1. The van der Waals surface area contributed by atoms with E-state index in [0.717, 1.165) is 18.2 Å². The molecule has 0 aromatic heterocycles. The standard InChI is InChI=1S/C17H17F3N2O5S2/c18-17(19,20)15-6-1-2-7-16(15)28(23,24)21-13-4-3-5-14(12-13)29(25,26)22-8-10-27-11-9-22/h1-7,12,21H,8-11H2. The number of nitrogens with one attached hydrogen (secondary N) is 1. The van der Waals surface area contributed by atoms with Gasteiger partial charge in [-0.25, -0.2) is 16.8 Å². The van der Waals surface area contributed by atoms with E-state index in [1.165, 1.54) is 28.6 Å². The highest BCUT2D eigenvalue weighted by molar-refractivity contribution is 7.92. The first-order valence-electron chi connectivity index (χ1n) is 8.39. The zero-order valence-corrected chi connectivity index (χ0v) is 16.5. The van der Waals surface area contributed by atoms with Gasteiger partial charge in [0.1, 0.15) is 0 Å². The molecule has 0 spiro atoms. The first-order valence-corrected chi connectivity index (χ1v) is 11.3. The zero-order chi connectivity index (χ0) is 21.3. The van der Waals surface area contributed by atoms with Crippen LogP contribution in [0.5, 0.6) is 0 Å². The third-order valence-corrected chi connectivity index (χ3v) is 7.51. The highest BCUT2D eigenvalue weighted by Crippen LogP contribution is 2.34. The van der Waals surface area contributed by atoms with Gasteiger partial charge < -0.3 is 4.74 Å². The molecule has 3 rings (SSSR count). The van der Waals surface area contributed by atoms with Gasteiger partial charge in [-0.3, -0.25) is 4.72 Å². The van der Waals surface area contributed by atoms with Crippen LogP contribution < -0.4 is 4.72 Å². The smallest absolute Gasteiger partial charge is 0.379 e. The van der Waals surface area contributed by atoms with E-state index in [4.69, 9.17) is 4.74 Å². The number of halogens is 3. The molecule has 1 N–H and O–H groups in total. The molecule has 12 heteroatoms. The molecule has 1 aliphatic rings. The Morgan fingerprint density at radius 3 is 2.24 bits per heavy atom. The van der Waals surface area contributed by atoms with Crippen LogP contribution in [-0.2, 0) is 31.0 Å². The molecule has 1 fully saturated rings. The fourth-order valence-electron chi connectivity index (χ4n) is 2.80. The SMILES string of the molecule is O=S(=O)(Nc1cccc(S(=O)(=O)N2CCOCC2)c1)c1ccccc1C(F)(F)F. The number of hydrogen-bond acceptors (Lipinski definition) is 5. The third kappa shape index (κ3) is 4.71. The van der Waals surface area contributed by atoms with E-state index in [1.54, 1.807) is 0 Å². The maximum Gasteiger partial charge on any atom is 0.417 e. The van der Waals surface area contributed by atoms with Crippen LogP contribution in [0.25, 0.3) is 0 Å². The summed E-state index contributed by atoms with van der Waals surface area (Å²) in [5, 5.41) is 0. The van der Waals surface area contributed by atoms with E-state index < -0.39 is 36.7 Å². The van der Waals surface area contributed by atoms with Crippen LogP contribution in [0.15, 0.2) is 58.3 Å². The quantitative estimate of drug-likeness (QED) is 0.756. The molecule has 1 saturated heterocycles. The molecule has 0 unspecified atom stereocenters. The van der Waals surface area contributed by atoms with Gasteiger partial charge in [0.05, 0.1) is 34.3 Å². The van der Waals surface area contributed by atoms with Crippen molar-refractivity contribution in [2.24, 2.45) is 0 Å². The van der Waals surface area contributed by atoms with Crippen LogP contribution in [0, 0.1) is 0 Å². The average molecular weight is 450 g/mol. The highest BCUT2D eigenvalue weighted by atomic mass is 32.2. The number of morpholine rings is 1. The number of benzene rings is 2. The second-order valence-corrected chi connectivity index (χ2v) is 9.73. The molecule has 1 heterocycles. The molecule has 7 nitrogen and oxygen atoms in total. The highest BCUT2D eigenvalue weighted by Gasteiger charge is 2.37. The van der Waals surface area contributed by atoms with Crippen LogP contribution in [-0.4, -0.2) is 47.4 Å². The van der Waals surface area contributed by atoms with Gasteiger partial charge in [0.25, 0.3) is 10.0 Å². The number of sulfonamides is 2. The summed E-state index contributed by atoms with van der Waals surface area (Å²) in [5.74, 6) is 0. The van der Waals surface area contributed by atoms with Gasteiger partial charge in [-0.1, -0.05) is 18.2 Å². The van der Waals surface area contributed by atoms with Crippen LogP contribution >= 0.6 is 0 Å². The predicted octanol–water partition coefficient (Wildman–Crippen LogP) is 2.53. The molecule has 0 radical (unpaired) electrons. The van der Waals surface area contributed by atoms with Gasteiger partial charge in [-0.2, -0.15) is 17.5 Å². The fourth-order valence-corrected chi connectivity index (χ4v) is 5.53. The van der Waals surface area contributed by atoms with E-state index >= 15 is 0 Å². The van der Waals surface area contributed by atoms with Crippen molar-refractivity contribution in [3.63, 3.8) is 0 Å². The van der Waals surface area contributed by atoms with E-state index in [2.05, 4.69) is 0 Å². The summed E-state index contributed by atoms with van der Waals surface area (Å²) in [7, 11) is -8.51. The first-order chi connectivity index (χ1) is 13.5. The molecule has 0 atom stereocenters. The number of nitrogens with zero attached hydrogens (tertiary/aromatic N) is 1. The van der Waals surface area contributed by atoms with Crippen LogP contribution in [0.1, 0.15) is 5.56 Å². The Kier molecular flexibility index (Phi) is 5.90.